The summed E-state index contributed by atoms with van der Waals surface area (Å²) < 4.78 is 1.63. The number of likely N-dealkylation sites (tertiary alicyclic amines) is 1. The van der Waals surface area contributed by atoms with Crippen molar-refractivity contribution in [2.24, 2.45) is 5.92 Å². The smallest absolute Gasteiger partial charge is 0.244 e. The quantitative estimate of drug-likeness (QED) is 0.910. The second-order valence-electron chi connectivity index (χ2n) is 7.05. The summed E-state index contributed by atoms with van der Waals surface area (Å²) in [5, 5.41) is 11.3. The molecule has 25 heavy (non-hydrogen) atoms. The van der Waals surface area contributed by atoms with Crippen molar-refractivity contribution in [1.29, 1.82) is 0 Å². The lowest BCUT2D eigenvalue weighted by Crippen LogP contribution is -2.39. The Morgan fingerprint density at radius 3 is 2.80 bits per heavy atom. The summed E-state index contributed by atoms with van der Waals surface area (Å²) in [5.41, 5.74) is 1.64. The van der Waals surface area contributed by atoms with Crippen LogP contribution in [0.1, 0.15) is 32.1 Å². The first-order chi connectivity index (χ1) is 12.2. The minimum Gasteiger partial charge on any atom is -0.353 e. The van der Waals surface area contributed by atoms with Gasteiger partial charge < -0.3 is 10.2 Å². The summed E-state index contributed by atoms with van der Waals surface area (Å²) in [7, 11) is 0. The molecule has 0 radical (unpaired) electrons. The molecule has 7 nitrogen and oxygen atoms in total. The van der Waals surface area contributed by atoms with E-state index in [0.717, 1.165) is 30.3 Å². The Kier molecular flexibility index (Phi) is 4.38. The molecule has 1 saturated carbocycles. The molecule has 132 valence electrons. The molecule has 1 aromatic carbocycles. The van der Waals surface area contributed by atoms with Crippen LogP contribution in [-0.4, -0.2) is 50.8 Å². The standard InChI is InChI=1S/C18H23N5O2/c24-17(12-23-16-8-4-3-7-15(16)20-21-23)22-10-9-13(11-22)18(25)19-14-5-1-2-6-14/h3-4,7-8,13-14H,1-2,5-6,9-12H2,(H,19,25). The minimum absolute atomic E-state index is 0.00757. The fraction of sp³-hybridized carbons (Fsp3) is 0.556. The number of rotatable bonds is 4. The van der Waals surface area contributed by atoms with E-state index in [1.165, 1.54) is 12.8 Å². The molecule has 0 bridgehead atoms. The highest BCUT2D eigenvalue weighted by atomic mass is 16.2. The molecular weight excluding hydrogens is 318 g/mol. The third-order valence-corrected chi connectivity index (χ3v) is 5.32. The molecule has 1 saturated heterocycles. The normalized spacial score (nSPS) is 21.1. The molecule has 1 unspecified atom stereocenters. The molecule has 1 aliphatic heterocycles. The van der Waals surface area contributed by atoms with Gasteiger partial charge in [0, 0.05) is 19.1 Å². The number of carbonyl (C=O) groups is 2. The van der Waals surface area contributed by atoms with Gasteiger partial charge in [-0.15, -0.1) is 5.10 Å². The third kappa shape index (κ3) is 3.36. The lowest BCUT2D eigenvalue weighted by atomic mass is 10.1. The maximum atomic E-state index is 12.6. The van der Waals surface area contributed by atoms with Crippen LogP contribution in [0.25, 0.3) is 11.0 Å². The monoisotopic (exact) mass is 341 g/mol. The van der Waals surface area contributed by atoms with Gasteiger partial charge in [0.15, 0.2) is 0 Å². The lowest BCUT2D eigenvalue weighted by Gasteiger charge is -2.18. The van der Waals surface area contributed by atoms with Crippen LogP contribution >= 0.6 is 0 Å². The van der Waals surface area contributed by atoms with Gasteiger partial charge in [0.05, 0.1) is 11.4 Å². The van der Waals surface area contributed by atoms with Gasteiger partial charge in [0.25, 0.3) is 0 Å². The first-order valence-corrected chi connectivity index (χ1v) is 9.07. The van der Waals surface area contributed by atoms with Crippen molar-refractivity contribution in [1.82, 2.24) is 25.2 Å². The maximum absolute atomic E-state index is 12.6. The molecule has 1 atom stereocenters. The summed E-state index contributed by atoms with van der Waals surface area (Å²) >= 11 is 0. The lowest BCUT2D eigenvalue weighted by molar-refractivity contribution is -0.131. The first-order valence-electron chi connectivity index (χ1n) is 9.07. The first kappa shape index (κ1) is 16.1. The molecule has 2 aromatic rings. The highest BCUT2D eigenvalue weighted by molar-refractivity contribution is 5.83. The molecule has 4 rings (SSSR count). The number of benzene rings is 1. The van der Waals surface area contributed by atoms with E-state index in [1.54, 1.807) is 9.58 Å². The van der Waals surface area contributed by atoms with Crippen molar-refractivity contribution in [2.75, 3.05) is 13.1 Å². The number of nitrogens with zero attached hydrogens (tertiary/aromatic N) is 4. The highest BCUT2D eigenvalue weighted by Gasteiger charge is 2.32. The average Bonchev–Trinajstić information content (AvgIpc) is 3.36. The zero-order valence-electron chi connectivity index (χ0n) is 14.2. The SMILES string of the molecule is O=C(NC1CCCC1)C1CCN(C(=O)Cn2nnc3ccccc32)C1. The summed E-state index contributed by atoms with van der Waals surface area (Å²) in [5.74, 6) is 0.0114. The zero-order chi connectivity index (χ0) is 17.2. The topological polar surface area (TPSA) is 80.1 Å². The van der Waals surface area contributed by atoms with Gasteiger partial charge in [0.2, 0.25) is 11.8 Å². The van der Waals surface area contributed by atoms with Crippen LogP contribution in [0.5, 0.6) is 0 Å². The molecule has 2 heterocycles. The average molecular weight is 341 g/mol. The number of hydrogen-bond acceptors (Lipinski definition) is 4. The number of fused-ring (bicyclic) bond motifs is 1. The molecule has 2 amide bonds. The van der Waals surface area contributed by atoms with E-state index in [1.807, 2.05) is 24.3 Å². The van der Waals surface area contributed by atoms with Crippen LogP contribution < -0.4 is 5.32 Å². The molecular formula is C18H23N5O2. The molecule has 1 N–H and O–H groups in total. The Balaban J connectivity index is 1.34. The molecule has 1 aliphatic carbocycles. The van der Waals surface area contributed by atoms with E-state index in [-0.39, 0.29) is 24.3 Å². The number of amides is 2. The number of aromatic nitrogens is 3. The molecule has 7 heteroatoms. The fourth-order valence-corrected chi connectivity index (χ4v) is 3.85. The number of nitrogens with one attached hydrogen (secondary N) is 1. The van der Waals surface area contributed by atoms with Gasteiger partial charge in [0.1, 0.15) is 12.1 Å². The second kappa shape index (κ2) is 6.82. The van der Waals surface area contributed by atoms with Crippen molar-refractivity contribution < 1.29 is 9.59 Å². The Labute approximate surface area is 146 Å². The van der Waals surface area contributed by atoms with Gasteiger partial charge in [-0.25, -0.2) is 4.68 Å². The Bertz CT molecular complexity index is 781. The Morgan fingerprint density at radius 1 is 1.16 bits per heavy atom. The molecule has 2 aliphatic rings. The van der Waals surface area contributed by atoms with E-state index in [2.05, 4.69) is 15.6 Å². The van der Waals surface area contributed by atoms with Crippen LogP contribution in [0.15, 0.2) is 24.3 Å². The van der Waals surface area contributed by atoms with Crippen LogP contribution in [0.2, 0.25) is 0 Å². The van der Waals surface area contributed by atoms with E-state index >= 15 is 0 Å². The molecule has 0 spiro atoms. The largest absolute Gasteiger partial charge is 0.353 e. The molecule has 2 fully saturated rings. The van der Waals surface area contributed by atoms with Gasteiger partial charge in [-0.05, 0) is 31.4 Å². The minimum atomic E-state index is -0.0861. The van der Waals surface area contributed by atoms with Gasteiger partial charge in [-0.1, -0.05) is 30.2 Å². The van der Waals surface area contributed by atoms with Crippen molar-refractivity contribution in [3.63, 3.8) is 0 Å². The predicted molar refractivity (Wildman–Crippen MR) is 92.6 cm³/mol. The summed E-state index contributed by atoms with van der Waals surface area (Å²) in [6.07, 6.45) is 5.31. The summed E-state index contributed by atoms with van der Waals surface area (Å²) in [6.45, 7) is 1.30. The third-order valence-electron chi connectivity index (χ3n) is 5.32. The maximum Gasteiger partial charge on any atom is 0.244 e. The van der Waals surface area contributed by atoms with Crippen molar-refractivity contribution >= 4 is 22.8 Å². The van der Waals surface area contributed by atoms with Crippen molar-refractivity contribution in [3.8, 4) is 0 Å². The van der Waals surface area contributed by atoms with E-state index in [4.69, 9.17) is 0 Å². The van der Waals surface area contributed by atoms with Crippen LogP contribution in [0.3, 0.4) is 0 Å². The van der Waals surface area contributed by atoms with Crippen molar-refractivity contribution in [2.45, 2.75) is 44.7 Å². The van der Waals surface area contributed by atoms with Gasteiger partial charge in [-0.3, -0.25) is 9.59 Å². The Hall–Kier alpha value is -2.44. The summed E-state index contributed by atoms with van der Waals surface area (Å²) in [6, 6.07) is 7.93. The van der Waals surface area contributed by atoms with Crippen LogP contribution in [0.4, 0.5) is 0 Å². The Morgan fingerprint density at radius 2 is 1.96 bits per heavy atom. The highest BCUT2D eigenvalue weighted by Crippen LogP contribution is 2.21. The van der Waals surface area contributed by atoms with E-state index in [0.29, 0.717) is 19.1 Å². The van der Waals surface area contributed by atoms with Crippen LogP contribution in [0, 0.1) is 5.92 Å². The van der Waals surface area contributed by atoms with E-state index < -0.39 is 0 Å². The van der Waals surface area contributed by atoms with E-state index in [9.17, 15) is 9.59 Å². The summed E-state index contributed by atoms with van der Waals surface area (Å²) in [4.78, 5) is 26.7. The number of carbonyl (C=O) groups excluding carboxylic acids is 2. The second-order valence-corrected chi connectivity index (χ2v) is 7.05. The fourth-order valence-electron chi connectivity index (χ4n) is 3.85. The van der Waals surface area contributed by atoms with Gasteiger partial charge in [-0.2, -0.15) is 0 Å². The number of hydrogen-bond donors (Lipinski definition) is 1. The van der Waals surface area contributed by atoms with Crippen molar-refractivity contribution in [3.05, 3.63) is 24.3 Å². The predicted octanol–water partition coefficient (Wildman–Crippen LogP) is 1.34. The number of para-hydroxylation sites is 1. The zero-order valence-corrected chi connectivity index (χ0v) is 14.2. The molecule has 1 aromatic heterocycles. The van der Waals surface area contributed by atoms with Crippen LogP contribution in [-0.2, 0) is 16.1 Å². The van der Waals surface area contributed by atoms with Gasteiger partial charge >= 0.3 is 0 Å².